The zero-order chi connectivity index (χ0) is 17.7. The predicted octanol–water partition coefficient (Wildman–Crippen LogP) is 3.20. The molecule has 0 spiro atoms. The predicted molar refractivity (Wildman–Crippen MR) is 91.3 cm³/mol. The minimum Gasteiger partial charge on any atom is -0.478 e. The number of allylic oxidation sites excluding steroid dienone is 2. The van der Waals surface area contributed by atoms with E-state index in [0.717, 1.165) is 0 Å². The molecule has 24 heavy (non-hydrogen) atoms. The normalized spacial score (nSPS) is 15.0. The van der Waals surface area contributed by atoms with Gasteiger partial charge in [-0.05, 0) is 5.56 Å². The minimum absolute atomic E-state index is 0.0336. The Bertz CT molecular complexity index is 700. The van der Waals surface area contributed by atoms with Gasteiger partial charge in [-0.15, -0.1) is 13.2 Å². The Morgan fingerprint density at radius 2 is 1.42 bits per heavy atom. The molecule has 0 saturated carbocycles. The number of rotatable bonds is 7. The highest BCUT2D eigenvalue weighted by molar-refractivity contribution is 5.98. The molecule has 1 aromatic carbocycles. The van der Waals surface area contributed by atoms with Crippen LogP contribution in [0.15, 0.2) is 78.2 Å². The van der Waals surface area contributed by atoms with Gasteiger partial charge in [0.1, 0.15) is 0 Å². The van der Waals surface area contributed by atoms with Gasteiger partial charge < -0.3 is 15.5 Å². The Morgan fingerprint density at radius 1 is 0.958 bits per heavy atom. The molecule has 0 bridgehead atoms. The van der Waals surface area contributed by atoms with Crippen molar-refractivity contribution < 1.29 is 19.8 Å². The molecule has 5 nitrogen and oxygen atoms in total. The van der Waals surface area contributed by atoms with E-state index in [0.29, 0.717) is 29.8 Å². The SMILES string of the molecule is C=CCC1=C(C(=O)O)C(c2ccccc2)C(C(=O)O)=C(CC=C)N1. The number of carboxylic acid groups (broad SMARTS) is 2. The Labute approximate surface area is 140 Å². The van der Waals surface area contributed by atoms with Gasteiger partial charge in [-0.1, -0.05) is 42.5 Å². The van der Waals surface area contributed by atoms with Crippen LogP contribution in [0, 0.1) is 0 Å². The number of hydrogen-bond acceptors (Lipinski definition) is 3. The lowest BCUT2D eigenvalue weighted by atomic mass is 9.79. The number of carbonyl (C=O) groups is 2. The average molecular weight is 325 g/mol. The largest absolute Gasteiger partial charge is 0.478 e. The standard InChI is InChI=1S/C19H19NO4/c1-3-8-13-16(18(21)22)15(12-10-6-5-7-11-12)17(19(23)24)14(20-13)9-4-2/h3-7,10-11,15,20H,1-2,8-9H2,(H,21,22)(H,23,24). The van der Waals surface area contributed by atoms with Crippen LogP contribution < -0.4 is 5.32 Å². The molecule has 0 unspecified atom stereocenters. The molecule has 0 radical (unpaired) electrons. The quantitative estimate of drug-likeness (QED) is 0.670. The van der Waals surface area contributed by atoms with Crippen LogP contribution in [0.3, 0.4) is 0 Å². The molecule has 0 amide bonds. The molecule has 0 aromatic heterocycles. The van der Waals surface area contributed by atoms with Crippen molar-refractivity contribution in [3.8, 4) is 0 Å². The molecule has 2 rings (SSSR count). The summed E-state index contributed by atoms with van der Waals surface area (Å²) in [7, 11) is 0. The number of nitrogens with one attached hydrogen (secondary N) is 1. The van der Waals surface area contributed by atoms with Gasteiger partial charge in [-0.3, -0.25) is 0 Å². The first-order chi connectivity index (χ1) is 11.5. The molecule has 0 atom stereocenters. The minimum atomic E-state index is -1.15. The summed E-state index contributed by atoms with van der Waals surface area (Å²) in [6.07, 6.45) is 3.78. The second-order valence-corrected chi connectivity index (χ2v) is 5.35. The third kappa shape index (κ3) is 3.30. The zero-order valence-electron chi connectivity index (χ0n) is 13.2. The summed E-state index contributed by atoms with van der Waals surface area (Å²) in [5.41, 5.74) is 1.59. The van der Waals surface area contributed by atoms with Gasteiger partial charge >= 0.3 is 11.9 Å². The van der Waals surface area contributed by atoms with Crippen LogP contribution in [0.4, 0.5) is 0 Å². The molecule has 1 aliphatic heterocycles. The summed E-state index contributed by atoms with van der Waals surface area (Å²) in [5, 5.41) is 22.4. The van der Waals surface area contributed by atoms with Gasteiger partial charge in [-0.2, -0.15) is 0 Å². The van der Waals surface area contributed by atoms with E-state index in [1.807, 2.05) is 0 Å². The summed E-state index contributed by atoms with van der Waals surface area (Å²) in [5.74, 6) is -3.15. The lowest BCUT2D eigenvalue weighted by Gasteiger charge is -2.30. The summed E-state index contributed by atoms with van der Waals surface area (Å²) >= 11 is 0. The second kappa shape index (κ2) is 7.46. The van der Waals surface area contributed by atoms with Crippen molar-refractivity contribution in [2.45, 2.75) is 18.8 Å². The number of benzene rings is 1. The van der Waals surface area contributed by atoms with Gasteiger partial charge in [0.05, 0.1) is 17.1 Å². The third-order valence-electron chi connectivity index (χ3n) is 3.82. The van der Waals surface area contributed by atoms with Gasteiger partial charge in [0.15, 0.2) is 0 Å². The highest BCUT2D eigenvalue weighted by Crippen LogP contribution is 2.39. The molecule has 1 aliphatic rings. The zero-order valence-corrected chi connectivity index (χ0v) is 13.2. The average Bonchev–Trinajstić information content (AvgIpc) is 2.55. The Kier molecular flexibility index (Phi) is 5.37. The van der Waals surface area contributed by atoms with E-state index in [-0.39, 0.29) is 11.1 Å². The van der Waals surface area contributed by atoms with Crippen molar-refractivity contribution in [2.75, 3.05) is 0 Å². The molecular weight excluding hydrogens is 306 g/mol. The van der Waals surface area contributed by atoms with Crippen LogP contribution in [0.5, 0.6) is 0 Å². The first-order valence-electron chi connectivity index (χ1n) is 7.47. The van der Waals surface area contributed by atoms with Gasteiger partial charge in [0.25, 0.3) is 0 Å². The topological polar surface area (TPSA) is 86.6 Å². The number of hydrogen-bond donors (Lipinski definition) is 3. The van der Waals surface area contributed by atoms with Gasteiger partial charge in [0, 0.05) is 24.2 Å². The van der Waals surface area contributed by atoms with Crippen molar-refractivity contribution in [1.82, 2.24) is 5.32 Å². The van der Waals surface area contributed by atoms with E-state index in [1.54, 1.807) is 42.5 Å². The Morgan fingerprint density at radius 3 is 1.79 bits per heavy atom. The first kappa shape index (κ1) is 17.3. The van der Waals surface area contributed by atoms with Crippen molar-refractivity contribution >= 4 is 11.9 Å². The van der Waals surface area contributed by atoms with Gasteiger partial charge in [-0.25, -0.2) is 9.59 Å². The van der Waals surface area contributed by atoms with E-state index < -0.39 is 17.9 Å². The second-order valence-electron chi connectivity index (χ2n) is 5.35. The molecule has 5 heteroatoms. The van der Waals surface area contributed by atoms with E-state index in [1.165, 1.54) is 0 Å². The molecule has 0 fully saturated rings. The third-order valence-corrected chi connectivity index (χ3v) is 3.82. The fourth-order valence-electron chi connectivity index (χ4n) is 2.90. The molecular formula is C19H19NO4. The van der Waals surface area contributed by atoms with Crippen LogP contribution in [0.1, 0.15) is 24.3 Å². The Balaban J connectivity index is 2.75. The molecule has 3 N–H and O–H groups in total. The molecule has 0 aliphatic carbocycles. The van der Waals surface area contributed by atoms with Crippen LogP contribution in [0.25, 0.3) is 0 Å². The smallest absolute Gasteiger partial charge is 0.334 e. The Hall–Kier alpha value is -3.08. The molecule has 124 valence electrons. The number of aliphatic carboxylic acids is 2. The maximum absolute atomic E-state index is 11.9. The summed E-state index contributed by atoms with van der Waals surface area (Å²) in [4.78, 5) is 23.8. The van der Waals surface area contributed by atoms with Crippen molar-refractivity contribution in [1.29, 1.82) is 0 Å². The van der Waals surface area contributed by atoms with E-state index in [2.05, 4.69) is 18.5 Å². The van der Waals surface area contributed by atoms with Crippen LogP contribution in [-0.2, 0) is 9.59 Å². The molecule has 0 saturated heterocycles. The number of carboxylic acids is 2. The summed E-state index contributed by atoms with van der Waals surface area (Å²) < 4.78 is 0. The maximum Gasteiger partial charge on any atom is 0.334 e. The van der Waals surface area contributed by atoms with Crippen molar-refractivity contribution in [3.05, 3.63) is 83.7 Å². The summed E-state index contributed by atoms with van der Waals surface area (Å²) in [6, 6.07) is 8.79. The van der Waals surface area contributed by atoms with Crippen LogP contribution in [-0.4, -0.2) is 22.2 Å². The lowest BCUT2D eigenvalue weighted by Crippen LogP contribution is -2.32. The highest BCUT2D eigenvalue weighted by atomic mass is 16.4. The van der Waals surface area contributed by atoms with Crippen LogP contribution in [0.2, 0.25) is 0 Å². The fraction of sp³-hybridized carbons (Fsp3) is 0.158. The first-order valence-corrected chi connectivity index (χ1v) is 7.47. The molecule has 1 aromatic rings. The van der Waals surface area contributed by atoms with E-state index in [9.17, 15) is 19.8 Å². The fourth-order valence-corrected chi connectivity index (χ4v) is 2.90. The van der Waals surface area contributed by atoms with Gasteiger partial charge in [0.2, 0.25) is 0 Å². The summed E-state index contributed by atoms with van der Waals surface area (Å²) in [6.45, 7) is 7.30. The van der Waals surface area contributed by atoms with Crippen LogP contribution >= 0.6 is 0 Å². The van der Waals surface area contributed by atoms with Crippen molar-refractivity contribution in [2.24, 2.45) is 0 Å². The van der Waals surface area contributed by atoms with E-state index in [4.69, 9.17) is 0 Å². The monoisotopic (exact) mass is 325 g/mol. The maximum atomic E-state index is 11.9. The lowest BCUT2D eigenvalue weighted by molar-refractivity contribution is -0.133. The highest BCUT2D eigenvalue weighted by Gasteiger charge is 2.37. The van der Waals surface area contributed by atoms with E-state index >= 15 is 0 Å². The van der Waals surface area contributed by atoms with Crippen molar-refractivity contribution in [3.63, 3.8) is 0 Å². The number of dihydropyridines is 1. The molecule has 1 heterocycles.